The fourth-order valence-electron chi connectivity index (χ4n) is 4.28. The van der Waals surface area contributed by atoms with Gasteiger partial charge in [0.05, 0.1) is 12.6 Å². The number of para-hydroxylation sites is 1. The molecule has 0 unspecified atom stereocenters. The molecule has 1 aliphatic carbocycles. The summed E-state index contributed by atoms with van der Waals surface area (Å²) >= 11 is 0. The Labute approximate surface area is 167 Å². The maximum absolute atomic E-state index is 5.46. The van der Waals surface area contributed by atoms with Crippen molar-refractivity contribution in [2.45, 2.75) is 18.8 Å². The lowest BCUT2D eigenvalue weighted by atomic mass is 9.74. The predicted molar refractivity (Wildman–Crippen MR) is 114 cm³/mol. The van der Waals surface area contributed by atoms with Crippen LogP contribution in [0.4, 0.5) is 0 Å². The minimum atomic E-state index is 0. The summed E-state index contributed by atoms with van der Waals surface area (Å²) in [6.45, 7) is 1.08. The normalized spacial score (nSPS) is 18.8. The Morgan fingerprint density at radius 2 is 1.85 bits per heavy atom. The van der Waals surface area contributed by atoms with Gasteiger partial charge in [-0.05, 0) is 74.2 Å². The van der Waals surface area contributed by atoms with E-state index < -0.39 is 0 Å². The van der Waals surface area contributed by atoms with Crippen molar-refractivity contribution in [1.82, 2.24) is 9.88 Å². The second-order valence-electron chi connectivity index (χ2n) is 7.60. The van der Waals surface area contributed by atoms with Crippen molar-refractivity contribution in [1.29, 1.82) is 0 Å². The average Bonchev–Trinajstić information content (AvgIpc) is 2.65. The molecule has 0 N–H and O–H groups in total. The van der Waals surface area contributed by atoms with Crippen molar-refractivity contribution in [2.75, 3.05) is 27.7 Å². The first kappa shape index (κ1) is 19.7. The number of hydrogen-bond acceptors (Lipinski definition) is 3. The van der Waals surface area contributed by atoms with E-state index in [2.05, 4.69) is 67.5 Å². The summed E-state index contributed by atoms with van der Waals surface area (Å²) in [5.74, 6) is 1.98. The lowest BCUT2D eigenvalue weighted by molar-refractivity contribution is 0.274. The minimum Gasteiger partial charge on any atom is -0.497 e. The molecule has 0 saturated carbocycles. The van der Waals surface area contributed by atoms with Gasteiger partial charge < -0.3 is 9.64 Å². The molecule has 142 valence electrons. The van der Waals surface area contributed by atoms with Crippen LogP contribution in [0.3, 0.4) is 0 Å². The Balaban J connectivity index is 0.00000210. The first-order valence-electron chi connectivity index (χ1n) is 9.30. The number of hydrogen-bond donors (Lipinski definition) is 0. The maximum atomic E-state index is 5.46. The molecule has 0 aliphatic heterocycles. The lowest BCUT2D eigenvalue weighted by Crippen LogP contribution is -2.33. The number of benzene rings is 2. The van der Waals surface area contributed by atoms with Gasteiger partial charge >= 0.3 is 0 Å². The van der Waals surface area contributed by atoms with Crippen LogP contribution < -0.4 is 4.74 Å². The Bertz CT molecular complexity index is 925. The van der Waals surface area contributed by atoms with Crippen LogP contribution in [-0.2, 0) is 12.8 Å². The van der Waals surface area contributed by atoms with Gasteiger partial charge in [-0.3, -0.25) is 4.98 Å². The van der Waals surface area contributed by atoms with Crippen molar-refractivity contribution in [2.24, 2.45) is 5.92 Å². The third kappa shape index (κ3) is 4.10. The molecule has 1 aliphatic rings. The van der Waals surface area contributed by atoms with Gasteiger partial charge in [-0.15, -0.1) is 12.4 Å². The van der Waals surface area contributed by atoms with Crippen molar-refractivity contribution in [3.63, 3.8) is 0 Å². The zero-order valence-corrected chi connectivity index (χ0v) is 17.0. The summed E-state index contributed by atoms with van der Waals surface area (Å²) in [6.07, 6.45) is 2.07. The Hall–Kier alpha value is -2.10. The van der Waals surface area contributed by atoms with Gasteiger partial charge in [0.1, 0.15) is 5.75 Å². The minimum absolute atomic E-state index is 0. The van der Waals surface area contributed by atoms with Gasteiger partial charge in [-0.1, -0.05) is 30.3 Å². The van der Waals surface area contributed by atoms with Crippen LogP contribution in [-0.4, -0.2) is 37.6 Å². The number of pyridine rings is 1. The zero-order chi connectivity index (χ0) is 18.1. The van der Waals surface area contributed by atoms with E-state index >= 15 is 0 Å². The number of ether oxygens (including phenoxy) is 1. The fourth-order valence-corrected chi connectivity index (χ4v) is 4.28. The van der Waals surface area contributed by atoms with Gasteiger partial charge in [0.15, 0.2) is 0 Å². The summed E-state index contributed by atoms with van der Waals surface area (Å²) < 4.78 is 5.46. The van der Waals surface area contributed by atoms with Crippen molar-refractivity contribution >= 4 is 23.3 Å². The highest BCUT2D eigenvalue weighted by molar-refractivity contribution is 5.85. The standard InChI is InChI=1S/C23H26N2O.ClH/c1-25(2)15-19-12-18-11-17-7-4-5-10-22(17)24-23(18)14-21(19)16-8-6-9-20(13-16)26-3;/h4-11,13,19,21H,12,14-15H2,1-3H3;1H/t19-,21+;/m1./s1. The van der Waals surface area contributed by atoms with E-state index in [9.17, 15) is 0 Å². The summed E-state index contributed by atoms with van der Waals surface area (Å²) in [6, 6.07) is 19.3. The SMILES string of the molecule is COc1cccc([C@@H]2Cc3nc4ccccc4cc3C[C@@H]2CN(C)C)c1.Cl. The molecule has 0 spiro atoms. The molecule has 2 atom stereocenters. The molecule has 0 bridgehead atoms. The van der Waals surface area contributed by atoms with E-state index in [1.807, 2.05) is 6.07 Å². The third-order valence-corrected chi connectivity index (χ3v) is 5.48. The lowest BCUT2D eigenvalue weighted by Gasteiger charge is -2.35. The zero-order valence-electron chi connectivity index (χ0n) is 16.2. The Morgan fingerprint density at radius 3 is 2.63 bits per heavy atom. The first-order valence-corrected chi connectivity index (χ1v) is 9.30. The molecule has 4 rings (SSSR count). The van der Waals surface area contributed by atoms with Crippen LogP contribution in [0.25, 0.3) is 10.9 Å². The second-order valence-corrected chi connectivity index (χ2v) is 7.60. The molecule has 3 nitrogen and oxygen atoms in total. The fraction of sp³-hybridized carbons (Fsp3) is 0.348. The van der Waals surface area contributed by atoms with E-state index in [0.717, 1.165) is 30.7 Å². The molecule has 0 fully saturated rings. The summed E-state index contributed by atoms with van der Waals surface area (Å²) in [5, 5.41) is 1.25. The Morgan fingerprint density at radius 1 is 1.04 bits per heavy atom. The number of methoxy groups -OCH3 is 1. The number of fused-ring (bicyclic) bond motifs is 2. The first-order chi connectivity index (χ1) is 12.6. The summed E-state index contributed by atoms with van der Waals surface area (Å²) in [5.41, 5.74) is 5.12. The molecule has 0 amide bonds. The molecule has 3 aromatic rings. The predicted octanol–water partition coefficient (Wildman–Crippen LogP) is 4.73. The molecule has 1 aromatic heterocycles. The highest BCUT2D eigenvalue weighted by Crippen LogP contribution is 2.38. The highest BCUT2D eigenvalue weighted by atomic mass is 35.5. The van der Waals surface area contributed by atoms with Crippen LogP contribution in [0.1, 0.15) is 22.7 Å². The monoisotopic (exact) mass is 382 g/mol. The third-order valence-electron chi connectivity index (χ3n) is 5.48. The highest BCUT2D eigenvalue weighted by Gasteiger charge is 2.31. The quantitative estimate of drug-likeness (QED) is 0.652. The van der Waals surface area contributed by atoms with Gasteiger partial charge in [-0.25, -0.2) is 0 Å². The molecule has 4 heteroatoms. The molecular weight excluding hydrogens is 356 g/mol. The smallest absolute Gasteiger partial charge is 0.119 e. The topological polar surface area (TPSA) is 25.4 Å². The van der Waals surface area contributed by atoms with Gasteiger partial charge in [-0.2, -0.15) is 0 Å². The van der Waals surface area contributed by atoms with Crippen LogP contribution in [0.2, 0.25) is 0 Å². The molecule has 27 heavy (non-hydrogen) atoms. The summed E-state index contributed by atoms with van der Waals surface area (Å²) in [7, 11) is 6.06. The maximum Gasteiger partial charge on any atom is 0.119 e. The van der Waals surface area contributed by atoms with E-state index in [0.29, 0.717) is 11.8 Å². The summed E-state index contributed by atoms with van der Waals surface area (Å²) in [4.78, 5) is 7.31. The Kier molecular flexibility index (Phi) is 6.03. The average molecular weight is 383 g/mol. The molecule has 0 radical (unpaired) electrons. The van der Waals surface area contributed by atoms with E-state index in [4.69, 9.17) is 9.72 Å². The van der Waals surface area contributed by atoms with Crippen LogP contribution >= 0.6 is 12.4 Å². The number of rotatable bonds is 4. The molecule has 1 heterocycles. The second kappa shape index (κ2) is 8.28. The van der Waals surface area contributed by atoms with E-state index in [1.165, 1.54) is 22.2 Å². The van der Waals surface area contributed by atoms with E-state index in [-0.39, 0.29) is 12.4 Å². The van der Waals surface area contributed by atoms with Crippen molar-refractivity contribution in [3.05, 3.63) is 71.4 Å². The molecular formula is C23H27ClN2O. The van der Waals surface area contributed by atoms with E-state index in [1.54, 1.807) is 7.11 Å². The largest absolute Gasteiger partial charge is 0.497 e. The van der Waals surface area contributed by atoms with Crippen LogP contribution in [0.15, 0.2) is 54.6 Å². The molecule has 2 aromatic carbocycles. The van der Waals surface area contributed by atoms with Crippen LogP contribution in [0.5, 0.6) is 5.75 Å². The number of nitrogens with zero attached hydrogens (tertiary/aromatic N) is 2. The van der Waals surface area contributed by atoms with Crippen molar-refractivity contribution < 1.29 is 4.74 Å². The van der Waals surface area contributed by atoms with Crippen LogP contribution in [0, 0.1) is 5.92 Å². The van der Waals surface area contributed by atoms with Gasteiger partial charge in [0.25, 0.3) is 0 Å². The van der Waals surface area contributed by atoms with Crippen molar-refractivity contribution in [3.8, 4) is 5.75 Å². The molecule has 0 saturated heterocycles. The van der Waals surface area contributed by atoms with Gasteiger partial charge in [0.2, 0.25) is 0 Å². The number of halogens is 1. The van der Waals surface area contributed by atoms with Gasteiger partial charge in [0, 0.05) is 17.6 Å². The number of aromatic nitrogens is 1.